The van der Waals surface area contributed by atoms with E-state index in [1.807, 2.05) is 0 Å². The van der Waals surface area contributed by atoms with Crippen molar-refractivity contribution in [2.24, 2.45) is 0 Å². The van der Waals surface area contributed by atoms with Crippen LogP contribution in [0.3, 0.4) is 0 Å². The number of benzene rings is 1. The van der Waals surface area contributed by atoms with Crippen molar-refractivity contribution in [3.63, 3.8) is 0 Å². The maximum Gasteiger partial charge on any atom is 0.417 e. The number of anilines is 1. The number of carbonyl (C=O) groups excluding carboxylic acids is 1. The summed E-state index contributed by atoms with van der Waals surface area (Å²) in [5, 5.41) is 9.26. The lowest BCUT2D eigenvalue weighted by atomic mass is 10.0. The Morgan fingerprint density at radius 1 is 1.14 bits per heavy atom. The Morgan fingerprint density at radius 3 is 2.41 bits per heavy atom. The largest absolute Gasteiger partial charge is 0.417 e. The lowest BCUT2D eigenvalue weighted by Gasteiger charge is -2.29. The molecule has 204 valence electrons. The van der Waals surface area contributed by atoms with Crippen LogP contribution in [0.15, 0.2) is 18.2 Å². The molecule has 10 heteroatoms. The molecule has 6 nitrogen and oxygen atoms in total. The standard InChI is InChI=1S/C27H37F3N4O2S/c1-26(2)24(35)34(21-13-12-20(18-31)23(17-21)27(28,29)30)25(37)33(26)16-9-7-5-4-6-8-14-32-15-10-11-22(32)19-36-3/h12-13,17,22H,4-11,14-16,19H2,1-3H3/t22-/m1/s1. The fourth-order valence-electron chi connectivity index (χ4n) is 5.30. The van der Waals surface area contributed by atoms with Crippen molar-refractivity contribution in [2.75, 3.05) is 38.3 Å². The van der Waals surface area contributed by atoms with E-state index >= 15 is 0 Å². The molecular formula is C27H37F3N4O2S. The van der Waals surface area contributed by atoms with E-state index in [9.17, 15) is 18.0 Å². The van der Waals surface area contributed by atoms with Crippen molar-refractivity contribution in [3.05, 3.63) is 29.3 Å². The zero-order valence-corrected chi connectivity index (χ0v) is 22.8. The molecule has 1 amide bonds. The number of alkyl halides is 3. The fraction of sp³-hybridized carbons (Fsp3) is 0.667. The molecule has 0 bridgehead atoms. The van der Waals surface area contributed by atoms with Crippen molar-refractivity contribution < 1.29 is 22.7 Å². The molecule has 1 aromatic rings. The Morgan fingerprint density at radius 2 is 1.78 bits per heavy atom. The maximum atomic E-state index is 13.5. The molecule has 2 aliphatic heterocycles. The first-order valence-electron chi connectivity index (χ1n) is 13.0. The average molecular weight is 539 g/mol. The smallest absolute Gasteiger partial charge is 0.383 e. The number of ether oxygens (including phenoxy) is 1. The van der Waals surface area contributed by atoms with Gasteiger partial charge in [0.05, 0.1) is 29.5 Å². The molecule has 37 heavy (non-hydrogen) atoms. The van der Waals surface area contributed by atoms with Crippen LogP contribution in [0, 0.1) is 11.3 Å². The van der Waals surface area contributed by atoms with Gasteiger partial charge in [-0.3, -0.25) is 14.6 Å². The minimum Gasteiger partial charge on any atom is -0.383 e. The lowest BCUT2D eigenvalue weighted by molar-refractivity contribution is -0.137. The topological polar surface area (TPSA) is 59.8 Å². The number of halogens is 3. The van der Waals surface area contributed by atoms with Crippen LogP contribution in [0.2, 0.25) is 0 Å². The van der Waals surface area contributed by atoms with Gasteiger partial charge < -0.3 is 9.64 Å². The van der Waals surface area contributed by atoms with E-state index in [2.05, 4.69) is 4.90 Å². The van der Waals surface area contributed by atoms with Gasteiger partial charge in [-0.1, -0.05) is 25.7 Å². The van der Waals surface area contributed by atoms with Gasteiger partial charge >= 0.3 is 6.18 Å². The van der Waals surface area contributed by atoms with Crippen LogP contribution in [0.1, 0.15) is 76.3 Å². The van der Waals surface area contributed by atoms with E-state index in [4.69, 9.17) is 22.2 Å². The first kappa shape index (κ1) is 29.3. The summed E-state index contributed by atoms with van der Waals surface area (Å²) < 4.78 is 45.7. The van der Waals surface area contributed by atoms with Crippen LogP contribution in [0.25, 0.3) is 0 Å². The zero-order valence-electron chi connectivity index (χ0n) is 21.9. The van der Waals surface area contributed by atoms with Gasteiger partial charge in [0.25, 0.3) is 5.91 Å². The number of rotatable bonds is 12. The molecule has 2 heterocycles. The van der Waals surface area contributed by atoms with Crippen molar-refractivity contribution in [1.82, 2.24) is 9.80 Å². The predicted molar refractivity (Wildman–Crippen MR) is 141 cm³/mol. The van der Waals surface area contributed by atoms with Crippen molar-refractivity contribution in [2.45, 2.75) is 83.0 Å². The number of hydrogen-bond donors (Lipinski definition) is 0. The molecule has 2 aliphatic rings. The number of nitriles is 1. The van der Waals surface area contributed by atoms with E-state index in [0.29, 0.717) is 12.6 Å². The molecule has 0 aliphatic carbocycles. The van der Waals surface area contributed by atoms with Crippen LogP contribution in [-0.2, 0) is 15.7 Å². The highest BCUT2D eigenvalue weighted by molar-refractivity contribution is 7.80. The number of unbranched alkanes of at least 4 members (excludes halogenated alkanes) is 5. The van der Waals surface area contributed by atoms with Gasteiger partial charge in [0.2, 0.25) is 0 Å². The molecular weight excluding hydrogens is 501 g/mol. The number of carbonyl (C=O) groups is 1. The van der Waals surface area contributed by atoms with Gasteiger partial charge in [0.15, 0.2) is 5.11 Å². The average Bonchev–Trinajstić information content (AvgIpc) is 3.35. The van der Waals surface area contributed by atoms with E-state index in [1.165, 1.54) is 36.6 Å². The SMILES string of the molecule is COC[C@H]1CCCN1CCCCCCCCN1C(=S)N(c2ccc(C#N)c(C(F)(F)F)c2)C(=O)C1(C)C. The number of amides is 1. The first-order chi connectivity index (χ1) is 17.5. The number of methoxy groups -OCH3 is 1. The lowest BCUT2D eigenvalue weighted by Crippen LogP contribution is -2.44. The van der Waals surface area contributed by atoms with E-state index < -0.39 is 22.8 Å². The highest BCUT2D eigenvalue weighted by atomic mass is 32.1. The summed E-state index contributed by atoms with van der Waals surface area (Å²) in [6.07, 6.45) is 4.18. The molecule has 0 aromatic heterocycles. The third-order valence-corrected chi connectivity index (χ3v) is 7.85. The molecule has 0 unspecified atom stereocenters. The second kappa shape index (κ2) is 12.5. The summed E-state index contributed by atoms with van der Waals surface area (Å²) in [5.74, 6) is -0.371. The molecule has 2 fully saturated rings. The van der Waals surface area contributed by atoms with E-state index in [0.717, 1.165) is 57.5 Å². The molecule has 3 rings (SSSR count). The quantitative estimate of drug-likeness (QED) is 0.250. The zero-order chi connectivity index (χ0) is 27.2. The summed E-state index contributed by atoms with van der Waals surface area (Å²) in [6, 6.07) is 5.39. The van der Waals surface area contributed by atoms with Gasteiger partial charge in [-0.05, 0) is 83.0 Å². The fourth-order valence-corrected chi connectivity index (χ4v) is 5.81. The molecule has 1 aromatic carbocycles. The number of likely N-dealkylation sites (tertiary alicyclic amines) is 1. The van der Waals surface area contributed by atoms with Gasteiger partial charge in [0, 0.05) is 19.7 Å². The monoisotopic (exact) mass is 538 g/mol. The Hall–Kier alpha value is -2.22. The maximum absolute atomic E-state index is 13.5. The van der Waals surface area contributed by atoms with Gasteiger partial charge in [-0.2, -0.15) is 18.4 Å². The first-order valence-corrected chi connectivity index (χ1v) is 13.4. The highest BCUT2D eigenvalue weighted by Crippen LogP contribution is 2.38. The second-order valence-electron chi connectivity index (χ2n) is 10.4. The molecule has 0 radical (unpaired) electrons. The second-order valence-corrected chi connectivity index (χ2v) is 10.7. The normalized spacial score (nSPS) is 20.2. The summed E-state index contributed by atoms with van der Waals surface area (Å²) in [7, 11) is 1.76. The minimum atomic E-state index is -4.71. The number of nitrogens with zero attached hydrogens (tertiary/aromatic N) is 4. The van der Waals surface area contributed by atoms with Crippen molar-refractivity contribution in [3.8, 4) is 6.07 Å². The highest BCUT2D eigenvalue weighted by Gasteiger charge is 2.49. The minimum absolute atomic E-state index is 0.0302. The van der Waals surface area contributed by atoms with Crippen LogP contribution in [0.5, 0.6) is 0 Å². The molecule has 2 saturated heterocycles. The van der Waals surface area contributed by atoms with Gasteiger partial charge in [0.1, 0.15) is 5.54 Å². The summed E-state index contributed by atoms with van der Waals surface area (Å²) in [4.78, 5) is 18.7. The number of thiocarbonyl (C=S) groups is 1. The Kier molecular flexibility index (Phi) is 9.95. The van der Waals surface area contributed by atoms with Crippen molar-refractivity contribution >= 4 is 28.9 Å². The van der Waals surface area contributed by atoms with Crippen molar-refractivity contribution in [1.29, 1.82) is 5.26 Å². The predicted octanol–water partition coefficient (Wildman–Crippen LogP) is 5.74. The van der Waals surface area contributed by atoms with E-state index in [1.54, 1.807) is 31.9 Å². The Bertz CT molecular complexity index is 1010. The Labute approximate surface area is 223 Å². The Balaban J connectivity index is 1.49. The molecule has 0 saturated carbocycles. The third kappa shape index (κ3) is 6.81. The molecule has 1 atom stereocenters. The molecule has 0 N–H and O–H groups in total. The van der Waals surface area contributed by atoms with Crippen LogP contribution >= 0.6 is 12.2 Å². The van der Waals surface area contributed by atoms with Crippen LogP contribution in [-0.4, -0.2) is 65.8 Å². The van der Waals surface area contributed by atoms with Gasteiger partial charge in [-0.25, -0.2) is 0 Å². The van der Waals surface area contributed by atoms with Gasteiger partial charge in [-0.15, -0.1) is 0 Å². The number of hydrogen-bond acceptors (Lipinski definition) is 5. The summed E-state index contributed by atoms with van der Waals surface area (Å²) in [5.41, 5.74) is -2.49. The third-order valence-electron chi connectivity index (χ3n) is 7.45. The van der Waals surface area contributed by atoms with Crippen LogP contribution in [0.4, 0.5) is 18.9 Å². The summed E-state index contributed by atoms with van der Waals surface area (Å²) in [6.45, 7) is 7.13. The van der Waals surface area contributed by atoms with E-state index in [-0.39, 0.29) is 16.7 Å². The summed E-state index contributed by atoms with van der Waals surface area (Å²) >= 11 is 5.55. The molecule has 0 spiro atoms. The van der Waals surface area contributed by atoms with Crippen LogP contribution < -0.4 is 4.90 Å².